The number of halogens is 1. The maximum absolute atomic E-state index is 9.36. The minimum atomic E-state index is -0.111. The van der Waals surface area contributed by atoms with Crippen molar-refractivity contribution in [1.82, 2.24) is 9.97 Å². The number of nitrogens with one attached hydrogen (secondary N) is 1. The number of aromatic nitrogens is 2. The van der Waals surface area contributed by atoms with E-state index in [1.54, 1.807) is 6.20 Å². The van der Waals surface area contributed by atoms with Crippen LogP contribution in [0.4, 0.5) is 11.8 Å². The van der Waals surface area contributed by atoms with Crippen molar-refractivity contribution in [1.29, 1.82) is 0 Å². The minimum Gasteiger partial charge on any atom is -0.394 e. The first-order valence-electron chi connectivity index (χ1n) is 5.98. The van der Waals surface area contributed by atoms with Gasteiger partial charge in [-0.15, -0.1) is 0 Å². The third kappa shape index (κ3) is 2.82. The summed E-state index contributed by atoms with van der Waals surface area (Å²) in [6.07, 6.45) is 1.58. The van der Waals surface area contributed by atoms with Crippen molar-refractivity contribution < 1.29 is 9.84 Å². The maximum Gasteiger partial charge on any atom is 0.224 e. The van der Waals surface area contributed by atoms with Crippen LogP contribution in [0, 0.1) is 0 Å². The van der Waals surface area contributed by atoms with Gasteiger partial charge >= 0.3 is 0 Å². The summed E-state index contributed by atoms with van der Waals surface area (Å²) >= 11 is 6.14. The second-order valence-electron chi connectivity index (χ2n) is 4.00. The van der Waals surface area contributed by atoms with Crippen LogP contribution in [0.3, 0.4) is 0 Å². The van der Waals surface area contributed by atoms with Gasteiger partial charge in [0, 0.05) is 13.1 Å². The Balaban J connectivity index is 2.26. The lowest BCUT2D eigenvalue weighted by Crippen LogP contribution is -2.48. The van der Waals surface area contributed by atoms with E-state index < -0.39 is 0 Å². The molecule has 0 aliphatic carbocycles. The summed E-state index contributed by atoms with van der Waals surface area (Å²) in [5.41, 5.74) is 0. The molecule has 100 valence electrons. The molecule has 1 atom stereocenters. The Morgan fingerprint density at radius 2 is 2.50 bits per heavy atom. The smallest absolute Gasteiger partial charge is 0.224 e. The first-order chi connectivity index (χ1) is 8.76. The second-order valence-corrected chi connectivity index (χ2v) is 4.41. The van der Waals surface area contributed by atoms with Gasteiger partial charge in [0.15, 0.2) is 5.82 Å². The molecule has 1 unspecified atom stereocenters. The highest BCUT2D eigenvalue weighted by Crippen LogP contribution is 2.26. The molecule has 0 radical (unpaired) electrons. The van der Waals surface area contributed by atoms with Gasteiger partial charge in [0.2, 0.25) is 5.95 Å². The van der Waals surface area contributed by atoms with Gasteiger partial charge in [0.25, 0.3) is 0 Å². The van der Waals surface area contributed by atoms with E-state index in [4.69, 9.17) is 16.3 Å². The van der Waals surface area contributed by atoms with Crippen LogP contribution in [0.1, 0.15) is 6.92 Å². The van der Waals surface area contributed by atoms with Crippen LogP contribution in [-0.2, 0) is 4.74 Å². The van der Waals surface area contributed by atoms with E-state index in [9.17, 15) is 5.11 Å². The van der Waals surface area contributed by atoms with Gasteiger partial charge in [-0.2, -0.15) is 4.98 Å². The highest BCUT2D eigenvalue weighted by atomic mass is 35.5. The summed E-state index contributed by atoms with van der Waals surface area (Å²) in [6, 6.07) is -0.111. The predicted octanol–water partition coefficient (Wildman–Crippen LogP) is 0.759. The number of aliphatic hydroxyl groups is 1. The van der Waals surface area contributed by atoms with Crippen LogP contribution < -0.4 is 10.2 Å². The summed E-state index contributed by atoms with van der Waals surface area (Å²) in [7, 11) is 0. The molecule has 1 saturated heterocycles. The number of anilines is 2. The van der Waals surface area contributed by atoms with Crippen molar-refractivity contribution in [2.24, 2.45) is 0 Å². The molecule has 2 N–H and O–H groups in total. The highest BCUT2D eigenvalue weighted by molar-refractivity contribution is 6.32. The summed E-state index contributed by atoms with van der Waals surface area (Å²) in [4.78, 5) is 10.5. The molecule has 1 fully saturated rings. The quantitative estimate of drug-likeness (QED) is 0.843. The fourth-order valence-corrected chi connectivity index (χ4v) is 2.09. The van der Waals surface area contributed by atoms with Crippen molar-refractivity contribution in [2.45, 2.75) is 13.0 Å². The number of aliphatic hydroxyl groups excluding tert-OH is 1. The summed E-state index contributed by atoms with van der Waals surface area (Å²) in [5.74, 6) is 1.19. The van der Waals surface area contributed by atoms with Gasteiger partial charge in [0.05, 0.1) is 32.1 Å². The number of ether oxygens (including phenoxy) is 1. The van der Waals surface area contributed by atoms with Gasteiger partial charge in [-0.3, -0.25) is 0 Å². The normalized spacial score (nSPS) is 19.9. The van der Waals surface area contributed by atoms with Crippen molar-refractivity contribution >= 4 is 23.4 Å². The van der Waals surface area contributed by atoms with Crippen molar-refractivity contribution in [2.75, 3.05) is 43.1 Å². The van der Waals surface area contributed by atoms with Crippen molar-refractivity contribution in [3.63, 3.8) is 0 Å². The average molecular weight is 273 g/mol. The lowest BCUT2D eigenvalue weighted by Gasteiger charge is -2.35. The maximum atomic E-state index is 9.36. The Morgan fingerprint density at radius 1 is 1.67 bits per heavy atom. The molecule has 0 bridgehead atoms. The summed E-state index contributed by atoms with van der Waals surface area (Å²) in [5, 5.41) is 12.9. The number of nitrogens with zero attached hydrogens (tertiary/aromatic N) is 3. The Hall–Kier alpha value is -1.11. The molecular formula is C11H17ClN4O2. The van der Waals surface area contributed by atoms with E-state index in [0.717, 1.165) is 6.54 Å². The van der Waals surface area contributed by atoms with Gasteiger partial charge in [-0.05, 0) is 6.92 Å². The largest absolute Gasteiger partial charge is 0.394 e. The summed E-state index contributed by atoms with van der Waals surface area (Å²) < 4.78 is 5.34. The second kappa shape index (κ2) is 6.17. The minimum absolute atomic E-state index is 0.0108. The van der Waals surface area contributed by atoms with Gasteiger partial charge < -0.3 is 20.1 Å². The Morgan fingerprint density at radius 3 is 3.22 bits per heavy atom. The topological polar surface area (TPSA) is 70.5 Å². The molecule has 6 nitrogen and oxygen atoms in total. The lowest BCUT2D eigenvalue weighted by atomic mass is 10.2. The summed E-state index contributed by atoms with van der Waals surface area (Å²) in [6.45, 7) is 4.47. The Kier molecular flexibility index (Phi) is 4.57. The zero-order chi connectivity index (χ0) is 13.0. The van der Waals surface area contributed by atoms with Crippen LogP contribution in [0.15, 0.2) is 6.20 Å². The van der Waals surface area contributed by atoms with Gasteiger partial charge in [-0.1, -0.05) is 11.6 Å². The number of hydrogen-bond acceptors (Lipinski definition) is 6. The molecule has 1 aliphatic heterocycles. The molecule has 0 amide bonds. The standard InChI is InChI=1S/C11H17ClN4O2/c1-2-13-11-14-5-9(12)10(15-11)16-3-4-18-7-8(16)6-17/h5,8,17H,2-4,6-7H2,1H3,(H,13,14,15). The predicted molar refractivity (Wildman–Crippen MR) is 70.2 cm³/mol. The van der Waals surface area contributed by atoms with Crippen LogP contribution in [0.2, 0.25) is 5.02 Å². The molecular weight excluding hydrogens is 256 g/mol. The zero-order valence-electron chi connectivity index (χ0n) is 10.3. The first kappa shape index (κ1) is 13.3. The number of morpholine rings is 1. The molecule has 0 spiro atoms. The van der Waals surface area contributed by atoms with Gasteiger partial charge in [0.1, 0.15) is 5.02 Å². The third-order valence-electron chi connectivity index (χ3n) is 2.77. The number of rotatable bonds is 4. The molecule has 1 aromatic rings. The van der Waals surface area contributed by atoms with E-state index in [0.29, 0.717) is 36.5 Å². The monoisotopic (exact) mass is 272 g/mol. The molecule has 0 saturated carbocycles. The number of hydrogen-bond donors (Lipinski definition) is 2. The van der Waals surface area contributed by atoms with E-state index in [-0.39, 0.29) is 12.6 Å². The van der Waals surface area contributed by atoms with Gasteiger partial charge in [-0.25, -0.2) is 4.98 Å². The van der Waals surface area contributed by atoms with Crippen LogP contribution in [0.25, 0.3) is 0 Å². The molecule has 2 rings (SSSR count). The molecule has 18 heavy (non-hydrogen) atoms. The highest BCUT2D eigenvalue weighted by Gasteiger charge is 2.25. The van der Waals surface area contributed by atoms with E-state index in [2.05, 4.69) is 15.3 Å². The van der Waals surface area contributed by atoms with E-state index in [1.165, 1.54) is 0 Å². The molecule has 1 aliphatic rings. The first-order valence-corrected chi connectivity index (χ1v) is 6.35. The van der Waals surface area contributed by atoms with Crippen molar-refractivity contribution in [3.8, 4) is 0 Å². The van der Waals surface area contributed by atoms with Crippen molar-refractivity contribution in [3.05, 3.63) is 11.2 Å². The molecule has 2 heterocycles. The van der Waals surface area contributed by atoms with E-state index >= 15 is 0 Å². The zero-order valence-corrected chi connectivity index (χ0v) is 11.0. The van der Waals surface area contributed by atoms with Crippen LogP contribution in [0.5, 0.6) is 0 Å². The fraction of sp³-hybridized carbons (Fsp3) is 0.636. The Bertz CT molecular complexity index is 405. The molecule has 0 aromatic carbocycles. The third-order valence-corrected chi connectivity index (χ3v) is 3.04. The lowest BCUT2D eigenvalue weighted by molar-refractivity contribution is 0.0723. The molecule has 1 aromatic heterocycles. The fourth-order valence-electron chi connectivity index (χ4n) is 1.89. The van der Waals surface area contributed by atoms with Crippen LogP contribution in [-0.4, -0.2) is 54.0 Å². The average Bonchev–Trinajstić information content (AvgIpc) is 2.41. The SMILES string of the molecule is CCNc1ncc(Cl)c(N2CCOCC2CO)n1. The van der Waals surface area contributed by atoms with E-state index in [1.807, 2.05) is 11.8 Å². The molecule has 7 heteroatoms. The van der Waals surface area contributed by atoms with Crippen LogP contribution >= 0.6 is 11.6 Å². The Labute approximate surface area is 111 Å².